The van der Waals surface area contributed by atoms with Gasteiger partial charge in [0.05, 0.1) is 0 Å². The van der Waals surface area contributed by atoms with Gasteiger partial charge in [0.1, 0.15) is 11.9 Å². The van der Waals surface area contributed by atoms with Crippen LogP contribution in [0.4, 0.5) is 11.8 Å². The van der Waals surface area contributed by atoms with Crippen molar-refractivity contribution in [2.45, 2.75) is 25.8 Å². The van der Waals surface area contributed by atoms with E-state index in [1.54, 1.807) is 19.0 Å². The number of carbonyl (C=O) groups excluding carboxylic acids is 1. The van der Waals surface area contributed by atoms with E-state index in [0.29, 0.717) is 5.95 Å². The Morgan fingerprint density at radius 2 is 2.00 bits per heavy atom. The molecule has 0 radical (unpaired) electrons. The zero-order chi connectivity index (χ0) is 14.9. The summed E-state index contributed by atoms with van der Waals surface area (Å²) in [4.78, 5) is 27.0. The molecule has 0 N–H and O–H groups in total. The molecule has 0 aliphatic carbocycles. The molecule has 6 nitrogen and oxygen atoms in total. The van der Waals surface area contributed by atoms with E-state index in [-0.39, 0.29) is 11.9 Å². The van der Waals surface area contributed by atoms with Crippen molar-refractivity contribution in [1.29, 1.82) is 0 Å². The van der Waals surface area contributed by atoms with Crippen LogP contribution in [0.2, 0.25) is 0 Å². The second-order valence-electron chi connectivity index (χ2n) is 5.65. The van der Waals surface area contributed by atoms with Crippen LogP contribution in [0.15, 0.2) is 6.07 Å². The van der Waals surface area contributed by atoms with Gasteiger partial charge in [-0.2, -0.15) is 4.98 Å². The molecule has 0 saturated carbocycles. The van der Waals surface area contributed by atoms with E-state index in [4.69, 9.17) is 0 Å². The van der Waals surface area contributed by atoms with E-state index >= 15 is 0 Å². The van der Waals surface area contributed by atoms with E-state index < -0.39 is 0 Å². The molecular weight excluding hydrogens is 254 g/mol. The Balaban J connectivity index is 2.32. The normalized spacial score (nSPS) is 18.2. The molecule has 0 bridgehead atoms. The fraction of sp³-hybridized carbons (Fsp3) is 0.643. The van der Waals surface area contributed by atoms with Gasteiger partial charge in [0.2, 0.25) is 11.9 Å². The highest BCUT2D eigenvalue weighted by molar-refractivity contribution is 5.85. The number of nitrogens with zero attached hydrogens (tertiary/aromatic N) is 5. The van der Waals surface area contributed by atoms with Crippen LogP contribution in [0.3, 0.4) is 0 Å². The Labute approximate surface area is 120 Å². The highest BCUT2D eigenvalue weighted by Gasteiger charge is 2.33. The fourth-order valence-electron chi connectivity index (χ4n) is 2.45. The standard InChI is InChI=1S/C14H23N5O/c1-10-9-12(17(2)3)16-14(15-10)19-8-6-7-11(19)13(20)18(4)5/h9,11H,6-8H2,1-5H3/t11-/m0/s1. The molecule has 0 spiro atoms. The van der Waals surface area contributed by atoms with Crippen molar-refractivity contribution in [3.63, 3.8) is 0 Å². The minimum Gasteiger partial charge on any atom is -0.363 e. The molecule has 1 aromatic rings. The van der Waals surface area contributed by atoms with Crippen molar-refractivity contribution in [2.75, 3.05) is 44.5 Å². The lowest BCUT2D eigenvalue weighted by Crippen LogP contribution is -2.43. The lowest BCUT2D eigenvalue weighted by molar-refractivity contribution is -0.129. The molecule has 1 saturated heterocycles. The minimum atomic E-state index is -0.137. The van der Waals surface area contributed by atoms with Gasteiger partial charge in [-0.05, 0) is 19.8 Å². The van der Waals surface area contributed by atoms with Gasteiger partial charge < -0.3 is 14.7 Å². The Kier molecular flexibility index (Phi) is 4.11. The minimum absolute atomic E-state index is 0.124. The van der Waals surface area contributed by atoms with E-state index in [1.165, 1.54) is 0 Å². The molecule has 0 aromatic carbocycles. The monoisotopic (exact) mass is 277 g/mol. The number of aryl methyl sites for hydroxylation is 1. The summed E-state index contributed by atoms with van der Waals surface area (Å²) in [6, 6.07) is 1.81. The summed E-state index contributed by atoms with van der Waals surface area (Å²) in [5.74, 6) is 1.65. The van der Waals surface area contributed by atoms with Crippen LogP contribution in [-0.2, 0) is 4.79 Å². The van der Waals surface area contributed by atoms with Gasteiger partial charge in [-0.15, -0.1) is 0 Å². The summed E-state index contributed by atoms with van der Waals surface area (Å²) in [6.07, 6.45) is 1.87. The third-order valence-corrected chi connectivity index (χ3v) is 3.52. The molecule has 1 amide bonds. The molecule has 2 rings (SSSR count). The van der Waals surface area contributed by atoms with Crippen LogP contribution in [0, 0.1) is 6.92 Å². The number of hydrogen-bond acceptors (Lipinski definition) is 5. The zero-order valence-corrected chi connectivity index (χ0v) is 12.9. The molecule has 0 unspecified atom stereocenters. The average molecular weight is 277 g/mol. The van der Waals surface area contributed by atoms with E-state index in [9.17, 15) is 4.79 Å². The lowest BCUT2D eigenvalue weighted by Gasteiger charge is -2.27. The number of amides is 1. The first-order chi connectivity index (χ1) is 9.40. The number of hydrogen-bond donors (Lipinski definition) is 0. The third-order valence-electron chi connectivity index (χ3n) is 3.52. The first-order valence-corrected chi connectivity index (χ1v) is 6.91. The van der Waals surface area contributed by atoms with Crippen molar-refractivity contribution < 1.29 is 4.79 Å². The third kappa shape index (κ3) is 2.84. The topological polar surface area (TPSA) is 52.6 Å². The summed E-state index contributed by atoms with van der Waals surface area (Å²) >= 11 is 0. The first-order valence-electron chi connectivity index (χ1n) is 6.91. The summed E-state index contributed by atoms with van der Waals surface area (Å²) in [6.45, 7) is 2.79. The Morgan fingerprint density at radius 3 is 2.60 bits per heavy atom. The first kappa shape index (κ1) is 14.6. The molecular formula is C14H23N5O. The highest BCUT2D eigenvalue weighted by atomic mass is 16.2. The van der Waals surface area contributed by atoms with E-state index in [2.05, 4.69) is 9.97 Å². The largest absolute Gasteiger partial charge is 0.363 e. The molecule has 2 heterocycles. The molecule has 1 aromatic heterocycles. The fourth-order valence-corrected chi connectivity index (χ4v) is 2.45. The molecule has 1 aliphatic heterocycles. The van der Waals surface area contributed by atoms with Gasteiger partial charge in [-0.25, -0.2) is 4.98 Å². The van der Waals surface area contributed by atoms with Gasteiger partial charge >= 0.3 is 0 Å². The molecule has 6 heteroatoms. The molecule has 1 fully saturated rings. The summed E-state index contributed by atoms with van der Waals surface area (Å²) in [5, 5.41) is 0. The second kappa shape index (κ2) is 5.64. The predicted molar refractivity (Wildman–Crippen MR) is 80.2 cm³/mol. The van der Waals surface area contributed by atoms with E-state index in [1.807, 2.05) is 36.9 Å². The van der Waals surface area contributed by atoms with Crippen LogP contribution >= 0.6 is 0 Å². The predicted octanol–water partition coefficient (Wildman–Crippen LogP) is 0.908. The quantitative estimate of drug-likeness (QED) is 0.822. The molecule has 1 aliphatic rings. The maximum atomic E-state index is 12.3. The van der Waals surface area contributed by atoms with Gasteiger partial charge in [0.25, 0.3) is 0 Å². The molecule has 1 atom stereocenters. The maximum Gasteiger partial charge on any atom is 0.244 e. The Hall–Kier alpha value is -1.85. The lowest BCUT2D eigenvalue weighted by atomic mass is 10.2. The SMILES string of the molecule is Cc1cc(N(C)C)nc(N2CCC[C@H]2C(=O)N(C)C)n1. The number of likely N-dealkylation sites (N-methyl/N-ethyl adjacent to an activating group) is 1. The summed E-state index contributed by atoms with van der Waals surface area (Å²) < 4.78 is 0. The number of anilines is 2. The smallest absolute Gasteiger partial charge is 0.244 e. The van der Waals surface area contributed by atoms with Crippen LogP contribution in [0.25, 0.3) is 0 Å². The van der Waals surface area contributed by atoms with Gasteiger partial charge in [0, 0.05) is 46.5 Å². The highest BCUT2D eigenvalue weighted by Crippen LogP contribution is 2.25. The van der Waals surface area contributed by atoms with Crippen LogP contribution < -0.4 is 9.80 Å². The Bertz CT molecular complexity index is 500. The second-order valence-corrected chi connectivity index (χ2v) is 5.65. The van der Waals surface area contributed by atoms with Crippen molar-refractivity contribution in [1.82, 2.24) is 14.9 Å². The zero-order valence-electron chi connectivity index (χ0n) is 12.9. The van der Waals surface area contributed by atoms with Crippen LogP contribution in [0.5, 0.6) is 0 Å². The molecule has 20 heavy (non-hydrogen) atoms. The van der Waals surface area contributed by atoms with Crippen molar-refractivity contribution in [3.05, 3.63) is 11.8 Å². The summed E-state index contributed by atoms with van der Waals surface area (Å²) in [7, 11) is 7.50. The van der Waals surface area contributed by atoms with Crippen molar-refractivity contribution >= 4 is 17.7 Å². The Morgan fingerprint density at radius 1 is 1.30 bits per heavy atom. The van der Waals surface area contributed by atoms with E-state index in [0.717, 1.165) is 30.9 Å². The molecule has 110 valence electrons. The van der Waals surface area contributed by atoms with Crippen LogP contribution in [-0.4, -0.2) is 61.6 Å². The van der Waals surface area contributed by atoms with Gasteiger partial charge in [-0.3, -0.25) is 4.79 Å². The number of carbonyl (C=O) groups is 1. The van der Waals surface area contributed by atoms with Gasteiger partial charge in [-0.1, -0.05) is 0 Å². The average Bonchev–Trinajstić information content (AvgIpc) is 2.85. The van der Waals surface area contributed by atoms with Crippen molar-refractivity contribution in [3.8, 4) is 0 Å². The number of rotatable bonds is 3. The van der Waals surface area contributed by atoms with Crippen molar-refractivity contribution in [2.24, 2.45) is 0 Å². The van der Waals surface area contributed by atoms with Gasteiger partial charge in [0.15, 0.2) is 0 Å². The van der Waals surface area contributed by atoms with Crippen LogP contribution in [0.1, 0.15) is 18.5 Å². The maximum absolute atomic E-state index is 12.3. The summed E-state index contributed by atoms with van der Waals surface area (Å²) in [5.41, 5.74) is 0.918. The number of aromatic nitrogens is 2.